The molecule has 5 unspecified atom stereocenters. The largest absolute Gasteiger partial charge is 0.300 e. The van der Waals surface area contributed by atoms with Crippen LogP contribution in [0.2, 0.25) is 0 Å². The van der Waals surface area contributed by atoms with Crippen molar-refractivity contribution in [1.82, 2.24) is 5.32 Å². The Morgan fingerprint density at radius 1 is 1.36 bits per heavy atom. The summed E-state index contributed by atoms with van der Waals surface area (Å²) in [4.78, 5) is 0. The number of rotatable bonds is 3. The minimum Gasteiger partial charge on any atom is -0.300 e. The van der Waals surface area contributed by atoms with Crippen molar-refractivity contribution < 1.29 is 0 Å². The third-order valence-corrected chi connectivity index (χ3v) is 4.74. The van der Waals surface area contributed by atoms with Gasteiger partial charge in [-0.3, -0.25) is 0 Å². The van der Waals surface area contributed by atoms with Gasteiger partial charge in [0.05, 0.1) is 6.04 Å². The highest BCUT2D eigenvalue weighted by Gasteiger charge is 2.64. The standard InChI is InChI=1S/C13H19N/c1-3-10(4-2)14-13-11-8-5-6-9(7-8)12(11)13/h1,8-14H,4-7H2,2H3. The van der Waals surface area contributed by atoms with Gasteiger partial charge in [0.25, 0.3) is 0 Å². The Labute approximate surface area is 86.7 Å². The summed E-state index contributed by atoms with van der Waals surface area (Å²) in [6, 6.07) is 1.12. The van der Waals surface area contributed by atoms with E-state index in [0.29, 0.717) is 6.04 Å². The van der Waals surface area contributed by atoms with E-state index >= 15 is 0 Å². The summed E-state index contributed by atoms with van der Waals surface area (Å²) in [6.45, 7) is 2.17. The average molecular weight is 189 g/mol. The number of nitrogens with one attached hydrogen (secondary N) is 1. The van der Waals surface area contributed by atoms with Crippen LogP contribution in [0.25, 0.3) is 0 Å². The second-order valence-electron chi connectivity index (χ2n) is 5.31. The summed E-state index contributed by atoms with van der Waals surface area (Å²) in [5.74, 6) is 6.98. The molecule has 0 spiro atoms. The Balaban J connectivity index is 1.61. The smallest absolute Gasteiger partial charge is 0.0686 e. The molecule has 2 bridgehead atoms. The maximum Gasteiger partial charge on any atom is 0.0686 e. The maximum absolute atomic E-state index is 5.48. The first-order valence-electron chi connectivity index (χ1n) is 6.07. The van der Waals surface area contributed by atoms with Crippen LogP contribution in [0.1, 0.15) is 32.6 Å². The zero-order valence-corrected chi connectivity index (χ0v) is 8.87. The second kappa shape index (κ2) is 3.00. The van der Waals surface area contributed by atoms with E-state index in [4.69, 9.17) is 6.42 Å². The Kier molecular flexibility index (Phi) is 1.89. The summed E-state index contributed by atoms with van der Waals surface area (Å²) < 4.78 is 0. The number of hydrogen-bond acceptors (Lipinski definition) is 1. The van der Waals surface area contributed by atoms with Crippen molar-refractivity contribution in [3.8, 4) is 12.3 Å². The molecule has 0 aromatic heterocycles. The second-order valence-corrected chi connectivity index (χ2v) is 5.31. The highest BCUT2D eigenvalue weighted by Crippen LogP contribution is 2.65. The molecule has 0 radical (unpaired) electrons. The average Bonchev–Trinajstić information content (AvgIpc) is 2.62. The molecule has 3 aliphatic rings. The van der Waals surface area contributed by atoms with Crippen LogP contribution in [0.4, 0.5) is 0 Å². The van der Waals surface area contributed by atoms with Crippen molar-refractivity contribution in [2.45, 2.75) is 44.7 Å². The molecule has 1 N–H and O–H groups in total. The van der Waals surface area contributed by atoms with E-state index in [1.165, 1.54) is 19.3 Å². The maximum atomic E-state index is 5.48. The Morgan fingerprint density at radius 2 is 2.00 bits per heavy atom. The van der Waals surface area contributed by atoms with E-state index in [-0.39, 0.29) is 0 Å². The van der Waals surface area contributed by atoms with Gasteiger partial charge in [-0.15, -0.1) is 6.42 Å². The first-order chi connectivity index (χ1) is 6.85. The zero-order chi connectivity index (χ0) is 9.71. The quantitative estimate of drug-likeness (QED) is 0.670. The van der Waals surface area contributed by atoms with E-state index in [1.54, 1.807) is 0 Å². The van der Waals surface area contributed by atoms with Crippen LogP contribution in [-0.2, 0) is 0 Å². The van der Waals surface area contributed by atoms with Crippen LogP contribution < -0.4 is 5.32 Å². The third-order valence-electron chi connectivity index (χ3n) is 4.74. The molecule has 0 aromatic rings. The molecule has 3 fully saturated rings. The topological polar surface area (TPSA) is 12.0 Å². The van der Waals surface area contributed by atoms with Crippen LogP contribution in [0.5, 0.6) is 0 Å². The van der Waals surface area contributed by atoms with Gasteiger partial charge in [0, 0.05) is 6.04 Å². The van der Waals surface area contributed by atoms with Crippen molar-refractivity contribution >= 4 is 0 Å². The van der Waals surface area contributed by atoms with Gasteiger partial charge < -0.3 is 5.32 Å². The highest BCUT2D eigenvalue weighted by atomic mass is 15.0. The molecule has 1 nitrogen and oxygen atoms in total. The minimum absolute atomic E-state index is 0.324. The molecule has 0 aliphatic heterocycles. The van der Waals surface area contributed by atoms with Crippen LogP contribution in [-0.4, -0.2) is 12.1 Å². The van der Waals surface area contributed by atoms with Gasteiger partial charge in [-0.1, -0.05) is 12.8 Å². The van der Waals surface area contributed by atoms with Crippen LogP contribution in [0.15, 0.2) is 0 Å². The molecule has 3 saturated carbocycles. The predicted molar refractivity (Wildman–Crippen MR) is 57.6 cm³/mol. The Hall–Kier alpha value is -0.480. The van der Waals surface area contributed by atoms with Crippen LogP contribution in [0.3, 0.4) is 0 Å². The molecule has 5 atom stereocenters. The monoisotopic (exact) mass is 189 g/mol. The summed E-state index contributed by atoms with van der Waals surface area (Å²) in [7, 11) is 0. The van der Waals surface area contributed by atoms with Crippen molar-refractivity contribution in [1.29, 1.82) is 0 Å². The lowest BCUT2D eigenvalue weighted by molar-refractivity contribution is 0.442. The number of hydrogen-bond donors (Lipinski definition) is 1. The van der Waals surface area contributed by atoms with Gasteiger partial charge in [0.2, 0.25) is 0 Å². The summed E-state index contributed by atoms with van der Waals surface area (Å²) in [5, 5.41) is 3.66. The molecule has 1 heteroatoms. The van der Waals surface area contributed by atoms with Gasteiger partial charge in [0.15, 0.2) is 0 Å². The van der Waals surface area contributed by atoms with E-state index in [2.05, 4.69) is 18.2 Å². The van der Waals surface area contributed by atoms with E-state index in [1.807, 2.05) is 0 Å². The third kappa shape index (κ3) is 1.07. The number of fused-ring (bicyclic) bond motifs is 5. The molecule has 0 saturated heterocycles. The Morgan fingerprint density at radius 3 is 2.50 bits per heavy atom. The van der Waals surface area contributed by atoms with Gasteiger partial charge in [-0.25, -0.2) is 0 Å². The molecular formula is C13H19N. The van der Waals surface area contributed by atoms with E-state index in [9.17, 15) is 0 Å². The number of terminal acetylenes is 1. The molecule has 3 rings (SSSR count). The lowest BCUT2D eigenvalue weighted by Gasteiger charge is -2.14. The van der Waals surface area contributed by atoms with Gasteiger partial charge in [0.1, 0.15) is 0 Å². The molecule has 3 aliphatic carbocycles. The molecule has 76 valence electrons. The normalized spacial score (nSPS) is 49.9. The Bertz CT molecular complexity index is 261. The van der Waals surface area contributed by atoms with Crippen molar-refractivity contribution in [3.05, 3.63) is 0 Å². The molecule has 0 heterocycles. The first kappa shape index (κ1) is 8.80. The minimum atomic E-state index is 0.324. The molecule has 0 amide bonds. The SMILES string of the molecule is C#CC(CC)NC1C2C3CCC(C3)C12. The molecule has 0 aromatic carbocycles. The summed E-state index contributed by atoms with van der Waals surface area (Å²) in [5.41, 5.74) is 0. The van der Waals surface area contributed by atoms with Gasteiger partial charge in [-0.05, 0) is 49.4 Å². The van der Waals surface area contributed by atoms with Crippen molar-refractivity contribution in [3.63, 3.8) is 0 Å². The fraction of sp³-hybridized carbons (Fsp3) is 0.846. The first-order valence-corrected chi connectivity index (χ1v) is 6.07. The van der Waals surface area contributed by atoms with Gasteiger partial charge >= 0.3 is 0 Å². The van der Waals surface area contributed by atoms with Crippen LogP contribution in [0, 0.1) is 36.0 Å². The van der Waals surface area contributed by atoms with Crippen molar-refractivity contribution in [2.75, 3.05) is 0 Å². The fourth-order valence-electron chi connectivity index (χ4n) is 4.06. The summed E-state index contributed by atoms with van der Waals surface area (Å²) in [6.07, 6.45) is 11.1. The lowest BCUT2D eigenvalue weighted by atomic mass is 10.0. The highest BCUT2D eigenvalue weighted by molar-refractivity contribution is 5.18. The van der Waals surface area contributed by atoms with E-state index < -0.39 is 0 Å². The molecular weight excluding hydrogens is 170 g/mol. The molecule has 14 heavy (non-hydrogen) atoms. The van der Waals surface area contributed by atoms with Gasteiger partial charge in [-0.2, -0.15) is 0 Å². The fourth-order valence-corrected chi connectivity index (χ4v) is 4.06. The zero-order valence-electron chi connectivity index (χ0n) is 8.87. The van der Waals surface area contributed by atoms with Crippen molar-refractivity contribution in [2.24, 2.45) is 23.7 Å². The van der Waals surface area contributed by atoms with Crippen LogP contribution >= 0.6 is 0 Å². The lowest BCUT2D eigenvalue weighted by Crippen LogP contribution is -2.32. The predicted octanol–water partition coefficient (Wildman–Crippen LogP) is 2.03. The summed E-state index contributed by atoms with van der Waals surface area (Å²) >= 11 is 0. The van der Waals surface area contributed by atoms with E-state index in [0.717, 1.165) is 36.1 Å².